The Balaban J connectivity index is 2.03. The lowest BCUT2D eigenvalue weighted by Crippen LogP contribution is -2.15. The summed E-state index contributed by atoms with van der Waals surface area (Å²) in [4.78, 5) is 12.3. The minimum Gasteiger partial charge on any atom is -0.326 e. The van der Waals surface area contributed by atoms with E-state index in [1.54, 1.807) is 38.1 Å². The fourth-order valence-electron chi connectivity index (χ4n) is 2.10. The first-order chi connectivity index (χ1) is 10.8. The molecule has 0 aliphatic carbocycles. The van der Waals surface area contributed by atoms with Crippen molar-refractivity contribution in [3.8, 4) is 0 Å². The van der Waals surface area contributed by atoms with Crippen molar-refractivity contribution in [2.45, 2.75) is 37.3 Å². The molecule has 0 aliphatic rings. The SMILES string of the molecule is Cc1ccc(NC(=O)Cc2ccc(S(=O)(=O)C(C)C)cc2)cc1. The van der Waals surface area contributed by atoms with E-state index in [0.29, 0.717) is 0 Å². The van der Waals surface area contributed by atoms with Crippen LogP contribution >= 0.6 is 0 Å². The van der Waals surface area contributed by atoms with Gasteiger partial charge >= 0.3 is 0 Å². The molecule has 5 heteroatoms. The third-order valence-corrected chi connectivity index (χ3v) is 5.74. The number of nitrogens with one attached hydrogen (secondary N) is 1. The highest BCUT2D eigenvalue weighted by atomic mass is 32.2. The number of amides is 1. The molecule has 0 saturated heterocycles. The summed E-state index contributed by atoms with van der Waals surface area (Å²) in [6, 6.07) is 14.1. The number of benzene rings is 2. The number of anilines is 1. The molecule has 0 heterocycles. The van der Waals surface area contributed by atoms with Crippen LogP contribution in [0.4, 0.5) is 5.69 Å². The molecule has 0 saturated carbocycles. The fourth-order valence-corrected chi connectivity index (χ4v) is 3.16. The summed E-state index contributed by atoms with van der Waals surface area (Å²) < 4.78 is 24.1. The first-order valence-electron chi connectivity index (χ1n) is 7.48. The normalized spacial score (nSPS) is 11.5. The summed E-state index contributed by atoms with van der Waals surface area (Å²) in [5.41, 5.74) is 2.65. The molecule has 2 rings (SSSR count). The Kier molecular flexibility index (Phi) is 5.21. The number of hydrogen-bond acceptors (Lipinski definition) is 3. The fraction of sp³-hybridized carbons (Fsp3) is 0.278. The number of sulfone groups is 1. The van der Waals surface area contributed by atoms with Gasteiger partial charge in [0.2, 0.25) is 5.91 Å². The Hall–Kier alpha value is -2.14. The molecule has 2 aromatic carbocycles. The van der Waals surface area contributed by atoms with Gasteiger partial charge in [0.1, 0.15) is 0 Å². The van der Waals surface area contributed by atoms with Crippen LogP contribution in [0, 0.1) is 6.92 Å². The highest BCUT2D eigenvalue weighted by Crippen LogP contribution is 2.17. The van der Waals surface area contributed by atoms with Gasteiger partial charge in [0.25, 0.3) is 0 Å². The molecular weight excluding hydrogens is 310 g/mol. The highest BCUT2D eigenvalue weighted by molar-refractivity contribution is 7.92. The summed E-state index contributed by atoms with van der Waals surface area (Å²) >= 11 is 0. The first-order valence-corrected chi connectivity index (χ1v) is 9.03. The molecule has 0 aliphatic heterocycles. The second-order valence-electron chi connectivity index (χ2n) is 5.83. The van der Waals surface area contributed by atoms with Crippen molar-refractivity contribution in [1.29, 1.82) is 0 Å². The van der Waals surface area contributed by atoms with Crippen molar-refractivity contribution in [2.75, 3.05) is 5.32 Å². The van der Waals surface area contributed by atoms with Gasteiger partial charge < -0.3 is 5.32 Å². The average Bonchev–Trinajstić information content (AvgIpc) is 2.50. The maximum absolute atomic E-state index is 12.1. The minimum atomic E-state index is -3.28. The maximum Gasteiger partial charge on any atom is 0.228 e. The molecule has 0 bridgehead atoms. The van der Waals surface area contributed by atoms with Crippen LogP contribution in [0.25, 0.3) is 0 Å². The van der Waals surface area contributed by atoms with Gasteiger partial charge in [-0.05, 0) is 50.6 Å². The van der Waals surface area contributed by atoms with Crippen molar-refractivity contribution < 1.29 is 13.2 Å². The second kappa shape index (κ2) is 6.96. The lowest BCUT2D eigenvalue weighted by Gasteiger charge is -2.09. The van der Waals surface area contributed by atoms with E-state index in [4.69, 9.17) is 0 Å². The molecule has 122 valence electrons. The van der Waals surface area contributed by atoms with Crippen LogP contribution < -0.4 is 5.32 Å². The summed E-state index contributed by atoms with van der Waals surface area (Å²) in [6.45, 7) is 5.29. The van der Waals surface area contributed by atoms with Gasteiger partial charge in [-0.3, -0.25) is 4.79 Å². The van der Waals surface area contributed by atoms with E-state index in [9.17, 15) is 13.2 Å². The smallest absolute Gasteiger partial charge is 0.228 e. The zero-order valence-electron chi connectivity index (χ0n) is 13.5. The van der Waals surface area contributed by atoms with Crippen LogP contribution in [-0.4, -0.2) is 19.6 Å². The first kappa shape index (κ1) is 17.2. The van der Waals surface area contributed by atoms with Crippen LogP contribution in [0.15, 0.2) is 53.4 Å². The Morgan fingerprint density at radius 1 is 1.00 bits per heavy atom. The van der Waals surface area contributed by atoms with Crippen molar-refractivity contribution in [3.63, 3.8) is 0 Å². The van der Waals surface area contributed by atoms with E-state index < -0.39 is 15.1 Å². The van der Waals surface area contributed by atoms with Crippen LogP contribution in [0.1, 0.15) is 25.0 Å². The topological polar surface area (TPSA) is 63.2 Å². The van der Waals surface area contributed by atoms with Crippen molar-refractivity contribution >= 4 is 21.4 Å². The van der Waals surface area contributed by atoms with E-state index in [1.165, 1.54) is 0 Å². The Labute approximate surface area is 137 Å². The van der Waals surface area contributed by atoms with Crippen LogP contribution in [-0.2, 0) is 21.1 Å². The standard InChI is InChI=1S/C18H21NO3S/c1-13(2)23(21,22)17-10-6-15(7-11-17)12-18(20)19-16-8-4-14(3)5-9-16/h4-11,13H,12H2,1-3H3,(H,19,20). The van der Waals surface area contributed by atoms with Gasteiger partial charge in [-0.2, -0.15) is 0 Å². The summed E-state index contributed by atoms with van der Waals surface area (Å²) in [5, 5.41) is 2.36. The van der Waals surface area contributed by atoms with E-state index in [0.717, 1.165) is 16.8 Å². The van der Waals surface area contributed by atoms with Crippen molar-refractivity contribution in [2.24, 2.45) is 0 Å². The predicted molar refractivity (Wildman–Crippen MR) is 92.3 cm³/mol. The molecule has 1 amide bonds. The molecular formula is C18H21NO3S. The second-order valence-corrected chi connectivity index (χ2v) is 8.33. The molecule has 0 radical (unpaired) electrons. The zero-order chi connectivity index (χ0) is 17.0. The van der Waals surface area contributed by atoms with E-state index in [2.05, 4.69) is 5.32 Å². The van der Waals surface area contributed by atoms with E-state index in [-0.39, 0.29) is 17.2 Å². The van der Waals surface area contributed by atoms with E-state index >= 15 is 0 Å². The molecule has 4 nitrogen and oxygen atoms in total. The number of aryl methyl sites for hydroxylation is 1. The van der Waals surface area contributed by atoms with Crippen LogP contribution in [0.2, 0.25) is 0 Å². The van der Waals surface area contributed by atoms with Gasteiger partial charge in [0, 0.05) is 5.69 Å². The number of hydrogen-bond donors (Lipinski definition) is 1. The lowest BCUT2D eigenvalue weighted by molar-refractivity contribution is -0.115. The number of carbonyl (C=O) groups is 1. The average molecular weight is 331 g/mol. The highest BCUT2D eigenvalue weighted by Gasteiger charge is 2.18. The van der Waals surface area contributed by atoms with Crippen LogP contribution in [0.5, 0.6) is 0 Å². The third kappa shape index (κ3) is 4.42. The maximum atomic E-state index is 12.1. The van der Waals surface area contributed by atoms with Gasteiger partial charge in [-0.15, -0.1) is 0 Å². The molecule has 0 unspecified atom stereocenters. The molecule has 0 atom stereocenters. The minimum absolute atomic E-state index is 0.131. The number of carbonyl (C=O) groups excluding carboxylic acids is 1. The molecule has 0 spiro atoms. The van der Waals surface area contributed by atoms with Gasteiger partial charge in [0.15, 0.2) is 9.84 Å². The van der Waals surface area contributed by atoms with E-state index in [1.807, 2.05) is 31.2 Å². The Bertz CT molecular complexity index is 776. The van der Waals surface area contributed by atoms with Crippen molar-refractivity contribution in [1.82, 2.24) is 0 Å². The zero-order valence-corrected chi connectivity index (χ0v) is 14.4. The molecule has 0 aromatic heterocycles. The van der Waals surface area contributed by atoms with Gasteiger partial charge in [0.05, 0.1) is 16.6 Å². The Morgan fingerprint density at radius 3 is 2.09 bits per heavy atom. The third-order valence-electron chi connectivity index (χ3n) is 3.57. The number of rotatable bonds is 5. The predicted octanol–water partition coefficient (Wildman–Crippen LogP) is 3.36. The lowest BCUT2D eigenvalue weighted by atomic mass is 10.1. The monoisotopic (exact) mass is 331 g/mol. The van der Waals surface area contributed by atoms with Crippen molar-refractivity contribution in [3.05, 3.63) is 59.7 Å². The summed E-state index contributed by atoms with van der Waals surface area (Å²) in [5.74, 6) is -0.131. The Morgan fingerprint density at radius 2 is 1.57 bits per heavy atom. The van der Waals surface area contributed by atoms with Crippen LogP contribution in [0.3, 0.4) is 0 Å². The quantitative estimate of drug-likeness (QED) is 0.914. The largest absolute Gasteiger partial charge is 0.326 e. The molecule has 23 heavy (non-hydrogen) atoms. The van der Waals surface area contributed by atoms with Gasteiger partial charge in [-0.1, -0.05) is 29.8 Å². The summed E-state index contributed by atoms with van der Waals surface area (Å²) in [6.07, 6.45) is 0.204. The molecule has 0 fully saturated rings. The summed E-state index contributed by atoms with van der Waals surface area (Å²) in [7, 11) is -3.28. The molecule has 1 N–H and O–H groups in total. The molecule has 2 aromatic rings. The van der Waals surface area contributed by atoms with Gasteiger partial charge in [-0.25, -0.2) is 8.42 Å².